The van der Waals surface area contributed by atoms with Crippen molar-refractivity contribution in [3.8, 4) is 0 Å². The second kappa shape index (κ2) is 3.13. The van der Waals surface area contributed by atoms with E-state index < -0.39 is 0 Å². The third-order valence-corrected chi connectivity index (χ3v) is 2.52. The van der Waals surface area contributed by atoms with Crippen molar-refractivity contribution in [1.82, 2.24) is 10.2 Å². The van der Waals surface area contributed by atoms with E-state index in [1.807, 2.05) is 0 Å². The molecule has 0 saturated heterocycles. The molecule has 4 nitrogen and oxygen atoms in total. The van der Waals surface area contributed by atoms with Crippen LogP contribution < -0.4 is 5.73 Å². The van der Waals surface area contributed by atoms with Crippen molar-refractivity contribution in [3.63, 3.8) is 0 Å². The molecule has 0 aliphatic rings. The van der Waals surface area contributed by atoms with Crippen molar-refractivity contribution < 1.29 is 4.42 Å². The average molecular weight is 169 g/mol. The molecule has 0 spiro atoms. The number of nitrogen functional groups attached to an aromatic ring is 1. The van der Waals surface area contributed by atoms with Gasteiger partial charge < -0.3 is 10.2 Å². The minimum Gasteiger partial charge on any atom is -0.408 e. The maximum atomic E-state index is 5.34. The summed E-state index contributed by atoms with van der Waals surface area (Å²) in [4.78, 5) is 0. The highest BCUT2D eigenvalue weighted by Gasteiger charge is 2.28. The van der Waals surface area contributed by atoms with Crippen LogP contribution in [0.15, 0.2) is 4.42 Å². The van der Waals surface area contributed by atoms with Crippen LogP contribution in [0, 0.1) is 0 Å². The Morgan fingerprint density at radius 1 is 1.33 bits per heavy atom. The molecule has 0 unspecified atom stereocenters. The van der Waals surface area contributed by atoms with E-state index in [-0.39, 0.29) is 11.4 Å². The number of nitrogens with two attached hydrogens (primary N) is 1. The van der Waals surface area contributed by atoms with Gasteiger partial charge in [0.15, 0.2) is 0 Å². The van der Waals surface area contributed by atoms with E-state index in [0.717, 1.165) is 12.8 Å². The molecule has 12 heavy (non-hydrogen) atoms. The lowest BCUT2D eigenvalue weighted by molar-refractivity contribution is 0.330. The van der Waals surface area contributed by atoms with E-state index >= 15 is 0 Å². The second-order valence-electron chi connectivity index (χ2n) is 3.21. The van der Waals surface area contributed by atoms with Gasteiger partial charge in [0.25, 0.3) is 0 Å². The molecule has 0 atom stereocenters. The van der Waals surface area contributed by atoms with Crippen LogP contribution in [-0.2, 0) is 5.41 Å². The molecule has 0 radical (unpaired) electrons. The van der Waals surface area contributed by atoms with E-state index in [1.165, 1.54) is 0 Å². The van der Waals surface area contributed by atoms with Crippen LogP contribution in [0.25, 0.3) is 0 Å². The monoisotopic (exact) mass is 169 g/mol. The molecule has 0 saturated carbocycles. The number of nitrogens with zero attached hydrogens (tertiary/aromatic N) is 2. The van der Waals surface area contributed by atoms with E-state index in [2.05, 4.69) is 31.0 Å². The Morgan fingerprint density at radius 2 is 1.92 bits per heavy atom. The van der Waals surface area contributed by atoms with Gasteiger partial charge in [0.2, 0.25) is 5.89 Å². The van der Waals surface area contributed by atoms with Gasteiger partial charge in [-0.05, 0) is 12.8 Å². The lowest BCUT2D eigenvalue weighted by Gasteiger charge is -2.20. The SMILES string of the molecule is CCC(C)(CC)c1nnc(N)o1. The Bertz CT molecular complexity index is 253. The van der Waals surface area contributed by atoms with Crippen LogP contribution >= 0.6 is 0 Å². The third kappa shape index (κ3) is 1.42. The molecule has 1 heterocycles. The van der Waals surface area contributed by atoms with Gasteiger partial charge in [-0.3, -0.25) is 0 Å². The van der Waals surface area contributed by atoms with Crippen molar-refractivity contribution >= 4 is 6.01 Å². The molecular weight excluding hydrogens is 154 g/mol. The maximum Gasteiger partial charge on any atom is 0.312 e. The highest BCUT2D eigenvalue weighted by Crippen LogP contribution is 2.29. The van der Waals surface area contributed by atoms with Gasteiger partial charge in [-0.25, -0.2) is 0 Å². The Balaban J connectivity index is 2.94. The first-order chi connectivity index (χ1) is 5.62. The van der Waals surface area contributed by atoms with E-state index in [1.54, 1.807) is 0 Å². The van der Waals surface area contributed by atoms with Crippen molar-refractivity contribution in [2.24, 2.45) is 0 Å². The number of anilines is 1. The van der Waals surface area contributed by atoms with Gasteiger partial charge in [-0.15, -0.1) is 5.10 Å². The molecule has 68 valence electrons. The molecule has 4 heteroatoms. The molecule has 0 aromatic carbocycles. The summed E-state index contributed by atoms with van der Waals surface area (Å²) in [6.07, 6.45) is 1.95. The standard InChI is InChI=1S/C8H15N3O/c1-4-8(3,5-2)6-10-11-7(9)12-6/h4-5H2,1-3H3,(H2,9,11). The zero-order chi connectivity index (χ0) is 9.19. The molecule has 1 aromatic rings. The zero-order valence-electron chi connectivity index (χ0n) is 7.79. The van der Waals surface area contributed by atoms with E-state index in [4.69, 9.17) is 10.2 Å². The quantitative estimate of drug-likeness (QED) is 0.748. The molecule has 0 bridgehead atoms. The number of hydrogen-bond donors (Lipinski definition) is 1. The van der Waals surface area contributed by atoms with Crippen molar-refractivity contribution in [2.45, 2.75) is 39.0 Å². The van der Waals surface area contributed by atoms with Gasteiger partial charge in [-0.2, -0.15) is 0 Å². The fraction of sp³-hybridized carbons (Fsp3) is 0.750. The lowest BCUT2D eigenvalue weighted by atomic mass is 9.85. The highest BCUT2D eigenvalue weighted by atomic mass is 16.4. The zero-order valence-corrected chi connectivity index (χ0v) is 7.79. The normalized spacial score (nSPS) is 11.9. The first kappa shape index (κ1) is 9.03. The molecule has 0 fully saturated rings. The molecular formula is C8H15N3O. The molecule has 0 amide bonds. The summed E-state index contributed by atoms with van der Waals surface area (Å²) in [5.41, 5.74) is 5.32. The van der Waals surface area contributed by atoms with Gasteiger partial charge >= 0.3 is 6.01 Å². The predicted molar refractivity (Wildman–Crippen MR) is 46.6 cm³/mol. The fourth-order valence-electron chi connectivity index (χ4n) is 1.03. The summed E-state index contributed by atoms with van der Waals surface area (Å²) >= 11 is 0. The maximum absolute atomic E-state index is 5.34. The van der Waals surface area contributed by atoms with Crippen LogP contribution in [0.1, 0.15) is 39.5 Å². The molecule has 2 N–H and O–H groups in total. The minimum absolute atomic E-state index is 0.0232. The van der Waals surface area contributed by atoms with Crippen LogP contribution in [0.4, 0.5) is 6.01 Å². The minimum atomic E-state index is -0.0232. The van der Waals surface area contributed by atoms with Crippen molar-refractivity contribution in [3.05, 3.63) is 5.89 Å². The second-order valence-corrected chi connectivity index (χ2v) is 3.21. The number of hydrogen-bond acceptors (Lipinski definition) is 4. The van der Waals surface area contributed by atoms with Gasteiger partial charge in [0.05, 0.1) is 0 Å². The molecule has 0 aliphatic heterocycles. The first-order valence-electron chi connectivity index (χ1n) is 4.22. The number of rotatable bonds is 3. The lowest BCUT2D eigenvalue weighted by Crippen LogP contribution is -2.19. The summed E-state index contributed by atoms with van der Waals surface area (Å²) in [5.74, 6) is 0.644. The van der Waals surface area contributed by atoms with Crippen LogP contribution in [0.5, 0.6) is 0 Å². The van der Waals surface area contributed by atoms with Gasteiger partial charge in [0.1, 0.15) is 0 Å². The summed E-state index contributed by atoms with van der Waals surface area (Å²) in [5, 5.41) is 7.53. The summed E-state index contributed by atoms with van der Waals surface area (Å²) in [6.45, 7) is 6.30. The average Bonchev–Trinajstić information content (AvgIpc) is 2.51. The fourth-order valence-corrected chi connectivity index (χ4v) is 1.03. The predicted octanol–water partition coefficient (Wildman–Crippen LogP) is 1.73. The van der Waals surface area contributed by atoms with E-state index in [9.17, 15) is 0 Å². The van der Waals surface area contributed by atoms with Crippen molar-refractivity contribution in [2.75, 3.05) is 5.73 Å². The first-order valence-corrected chi connectivity index (χ1v) is 4.22. The number of aromatic nitrogens is 2. The largest absolute Gasteiger partial charge is 0.408 e. The Kier molecular flexibility index (Phi) is 2.35. The molecule has 1 rings (SSSR count). The Morgan fingerprint density at radius 3 is 2.25 bits per heavy atom. The third-order valence-electron chi connectivity index (χ3n) is 2.52. The smallest absolute Gasteiger partial charge is 0.312 e. The summed E-state index contributed by atoms with van der Waals surface area (Å²) < 4.78 is 5.19. The topological polar surface area (TPSA) is 64.9 Å². The van der Waals surface area contributed by atoms with Gasteiger partial charge in [0, 0.05) is 5.41 Å². The highest BCUT2D eigenvalue weighted by molar-refractivity contribution is 5.10. The van der Waals surface area contributed by atoms with Crippen molar-refractivity contribution in [1.29, 1.82) is 0 Å². The van der Waals surface area contributed by atoms with Crippen LogP contribution in [0.2, 0.25) is 0 Å². The van der Waals surface area contributed by atoms with Gasteiger partial charge in [-0.1, -0.05) is 25.9 Å². The molecule has 0 aliphatic carbocycles. The Hall–Kier alpha value is -1.06. The van der Waals surface area contributed by atoms with Crippen LogP contribution in [-0.4, -0.2) is 10.2 Å². The summed E-state index contributed by atoms with van der Waals surface area (Å²) in [6, 6.07) is 0.151. The van der Waals surface area contributed by atoms with Crippen LogP contribution in [0.3, 0.4) is 0 Å². The van der Waals surface area contributed by atoms with E-state index in [0.29, 0.717) is 5.89 Å². The summed E-state index contributed by atoms with van der Waals surface area (Å²) in [7, 11) is 0. The molecule has 1 aromatic heterocycles. The Labute approximate surface area is 72.2 Å².